The molecule has 2 aromatic carbocycles. The summed E-state index contributed by atoms with van der Waals surface area (Å²) in [6.45, 7) is 0.510. The van der Waals surface area contributed by atoms with Crippen LogP contribution < -0.4 is 9.64 Å². The topological polar surface area (TPSA) is 85.8 Å². The lowest BCUT2D eigenvalue weighted by Gasteiger charge is -2.32. The number of benzene rings is 2. The number of ether oxygens (including phenoxy) is 2. The van der Waals surface area contributed by atoms with E-state index in [-0.39, 0.29) is 34.5 Å². The summed E-state index contributed by atoms with van der Waals surface area (Å²) in [7, 11) is -2.59. The Kier molecular flexibility index (Phi) is 6.03. The maximum atomic E-state index is 14.5. The molecule has 7 nitrogen and oxygen atoms in total. The molecule has 0 fully saturated rings. The highest BCUT2D eigenvalue weighted by molar-refractivity contribution is 7.91. The van der Waals surface area contributed by atoms with E-state index in [2.05, 4.69) is 9.72 Å². The van der Waals surface area contributed by atoms with Crippen molar-refractivity contribution in [2.45, 2.75) is 11.4 Å². The predicted molar refractivity (Wildman–Crippen MR) is 117 cm³/mol. The van der Waals surface area contributed by atoms with Crippen molar-refractivity contribution in [1.82, 2.24) is 4.98 Å². The number of carbonyl (C=O) groups excluding carboxylic acids is 1. The molecule has 2 heterocycles. The Balaban J connectivity index is 1.79. The van der Waals surface area contributed by atoms with Gasteiger partial charge in [-0.05, 0) is 29.8 Å². The molecule has 4 rings (SSSR count). The third-order valence-electron chi connectivity index (χ3n) is 4.96. The highest BCUT2D eigenvalue weighted by Crippen LogP contribution is 2.44. The second-order valence-corrected chi connectivity index (χ2v) is 9.47. The number of pyridine rings is 1. The molecule has 0 saturated carbocycles. The second-order valence-electron chi connectivity index (χ2n) is 7.04. The van der Waals surface area contributed by atoms with Crippen LogP contribution in [0.3, 0.4) is 0 Å². The van der Waals surface area contributed by atoms with Gasteiger partial charge in [-0.25, -0.2) is 13.2 Å². The number of carbonyl (C=O) groups is 1. The molecule has 1 aliphatic heterocycles. The number of methoxy groups -OCH3 is 1. The minimum absolute atomic E-state index is 0.101. The summed E-state index contributed by atoms with van der Waals surface area (Å²) in [5.74, 6) is -1.88. The predicted octanol–water partition coefficient (Wildman–Crippen LogP) is 4.25. The van der Waals surface area contributed by atoms with Crippen LogP contribution in [0.5, 0.6) is 11.6 Å². The van der Waals surface area contributed by atoms with E-state index in [1.807, 2.05) is 30.3 Å². The first kappa shape index (κ1) is 22.0. The number of anilines is 1. The quantitative estimate of drug-likeness (QED) is 0.402. The first-order valence-corrected chi connectivity index (χ1v) is 11.6. The van der Waals surface area contributed by atoms with Crippen molar-refractivity contribution in [1.29, 1.82) is 0 Å². The van der Waals surface area contributed by atoms with E-state index < -0.39 is 26.8 Å². The zero-order valence-corrected chi connectivity index (χ0v) is 18.5. The fourth-order valence-electron chi connectivity index (χ4n) is 3.41. The number of esters is 1. The van der Waals surface area contributed by atoms with Crippen molar-refractivity contribution >= 4 is 33.1 Å². The molecule has 3 aromatic rings. The van der Waals surface area contributed by atoms with Gasteiger partial charge in [0.2, 0.25) is 11.8 Å². The normalized spacial score (nSPS) is 14.5. The highest BCUT2D eigenvalue weighted by Gasteiger charge is 2.37. The van der Waals surface area contributed by atoms with Gasteiger partial charge >= 0.3 is 5.97 Å². The standard InChI is InChI=1S/C22H18ClFN2O5S/c1-30-22(27)15-7-9-16(10-8-15)31-21-18-19(17(23)20(24)25-21)32(28,29)12-11-26(18)13-14-5-3-2-4-6-14/h2-10H,11-13H2,1H3. The van der Waals surface area contributed by atoms with Crippen LogP contribution in [0.4, 0.5) is 10.1 Å². The summed E-state index contributed by atoms with van der Waals surface area (Å²) in [5.41, 5.74) is 1.32. The zero-order valence-electron chi connectivity index (χ0n) is 16.9. The van der Waals surface area contributed by atoms with Crippen molar-refractivity contribution in [3.05, 3.63) is 76.7 Å². The van der Waals surface area contributed by atoms with Gasteiger partial charge in [-0.15, -0.1) is 0 Å². The summed E-state index contributed by atoms with van der Waals surface area (Å²) in [4.78, 5) is 16.8. The van der Waals surface area contributed by atoms with Crippen molar-refractivity contribution in [2.75, 3.05) is 24.3 Å². The van der Waals surface area contributed by atoms with Crippen LogP contribution in [0.1, 0.15) is 15.9 Å². The largest absolute Gasteiger partial charge is 0.465 e. The molecule has 1 aromatic heterocycles. The Morgan fingerprint density at radius 3 is 2.50 bits per heavy atom. The number of rotatable bonds is 5. The van der Waals surface area contributed by atoms with E-state index in [9.17, 15) is 17.6 Å². The summed E-state index contributed by atoms with van der Waals surface area (Å²) < 4.78 is 50.5. The average molecular weight is 477 g/mol. The fraction of sp³-hybridized carbons (Fsp3) is 0.182. The molecule has 0 radical (unpaired) electrons. The molecule has 0 bridgehead atoms. The summed E-state index contributed by atoms with van der Waals surface area (Å²) >= 11 is 6.06. The minimum atomic E-state index is -3.85. The second kappa shape index (κ2) is 8.76. The first-order chi connectivity index (χ1) is 15.3. The van der Waals surface area contributed by atoms with Crippen LogP contribution >= 0.6 is 11.6 Å². The third kappa shape index (κ3) is 4.26. The van der Waals surface area contributed by atoms with Gasteiger partial charge in [-0.3, -0.25) is 0 Å². The lowest BCUT2D eigenvalue weighted by atomic mass is 10.2. The van der Waals surface area contributed by atoms with E-state index in [4.69, 9.17) is 16.3 Å². The van der Waals surface area contributed by atoms with Gasteiger partial charge in [0.15, 0.2) is 9.84 Å². The van der Waals surface area contributed by atoms with E-state index in [0.717, 1.165) is 5.56 Å². The molecule has 166 valence electrons. The SMILES string of the molecule is COC(=O)c1ccc(Oc2nc(F)c(Cl)c3c2N(Cc2ccccc2)CCS3(=O)=O)cc1. The number of halogens is 2. The molecule has 0 amide bonds. The van der Waals surface area contributed by atoms with Crippen molar-refractivity contribution in [3.63, 3.8) is 0 Å². The van der Waals surface area contributed by atoms with Gasteiger partial charge in [-0.1, -0.05) is 41.9 Å². The Bertz CT molecular complexity index is 1270. The molecule has 0 N–H and O–H groups in total. The van der Waals surface area contributed by atoms with E-state index in [0.29, 0.717) is 12.1 Å². The lowest BCUT2D eigenvalue weighted by molar-refractivity contribution is 0.0600. The van der Waals surface area contributed by atoms with Gasteiger partial charge < -0.3 is 14.4 Å². The molecule has 32 heavy (non-hydrogen) atoms. The number of hydrogen-bond acceptors (Lipinski definition) is 7. The maximum absolute atomic E-state index is 14.5. The minimum Gasteiger partial charge on any atom is -0.465 e. The number of nitrogens with zero attached hydrogens (tertiary/aromatic N) is 2. The van der Waals surface area contributed by atoms with Crippen LogP contribution in [0.15, 0.2) is 59.5 Å². The third-order valence-corrected chi connectivity index (χ3v) is 7.16. The molecular formula is C22H18ClFN2O5S. The molecule has 0 unspecified atom stereocenters. The van der Waals surface area contributed by atoms with Crippen LogP contribution in [0.25, 0.3) is 0 Å². The van der Waals surface area contributed by atoms with E-state index in [1.54, 1.807) is 4.90 Å². The summed E-state index contributed by atoms with van der Waals surface area (Å²) in [6.07, 6.45) is 0. The summed E-state index contributed by atoms with van der Waals surface area (Å²) in [5, 5.41) is -0.564. The molecular weight excluding hydrogens is 459 g/mol. The van der Waals surface area contributed by atoms with Crippen LogP contribution in [-0.2, 0) is 21.1 Å². The van der Waals surface area contributed by atoms with Crippen molar-refractivity contribution in [3.8, 4) is 11.6 Å². The Labute approximate surface area is 189 Å². The van der Waals surface area contributed by atoms with Gasteiger partial charge in [0, 0.05) is 13.1 Å². The zero-order chi connectivity index (χ0) is 22.9. The number of sulfone groups is 1. The number of fused-ring (bicyclic) bond motifs is 1. The first-order valence-electron chi connectivity index (χ1n) is 9.57. The van der Waals surface area contributed by atoms with E-state index >= 15 is 0 Å². The number of aromatic nitrogens is 1. The summed E-state index contributed by atoms with van der Waals surface area (Å²) in [6, 6.07) is 15.3. The van der Waals surface area contributed by atoms with Crippen LogP contribution in [0, 0.1) is 5.95 Å². The van der Waals surface area contributed by atoms with Crippen LogP contribution in [0.2, 0.25) is 5.02 Å². The maximum Gasteiger partial charge on any atom is 0.337 e. The molecule has 0 saturated heterocycles. The average Bonchev–Trinajstić information content (AvgIpc) is 2.79. The van der Waals surface area contributed by atoms with Gasteiger partial charge in [0.1, 0.15) is 21.4 Å². The lowest BCUT2D eigenvalue weighted by Crippen LogP contribution is -2.35. The highest BCUT2D eigenvalue weighted by atomic mass is 35.5. The molecule has 0 atom stereocenters. The van der Waals surface area contributed by atoms with Crippen molar-refractivity contribution < 1.29 is 27.1 Å². The Morgan fingerprint density at radius 1 is 1.16 bits per heavy atom. The van der Waals surface area contributed by atoms with Crippen molar-refractivity contribution in [2.24, 2.45) is 0 Å². The molecule has 0 spiro atoms. The Hall–Kier alpha value is -3.17. The Morgan fingerprint density at radius 2 is 1.84 bits per heavy atom. The molecule has 1 aliphatic rings. The van der Waals surface area contributed by atoms with Gasteiger partial charge in [-0.2, -0.15) is 9.37 Å². The smallest absolute Gasteiger partial charge is 0.337 e. The van der Waals surface area contributed by atoms with Gasteiger partial charge in [0.05, 0.1) is 18.4 Å². The number of hydrogen-bond donors (Lipinski definition) is 0. The van der Waals surface area contributed by atoms with Crippen LogP contribution in [-0.4, -0.2) is 38.8 Å². The molecule has 10 heteroatoms. The fourth-order valence-corrected chi connectivity index (χ4v) is 5.43. The monoisotopic (exact) mass is 476 g/mol. The van der Waals surface area contributed by atoms with E-state index in [1.165, 1.54) is 31.4 Å². The molecule has 0 aliphatic carbocycles. The van der Waals surface area contributed by atoms with Gasteiger partial charge in [0.25, 0.3) is 0 Å².